The Morgan fingerprint density at radius 1 is 1.00 bits per heavy atom. The van der Waals surface area contributed by atoms with Crippen molar-refractivity contribution in [3.63, 3.8) is 0 Å². The molecule has 8 heteroatoms. The van der Waals surface area contributed by atoms with Gasteiger partial charge >= 0.3 is 14.6 Å². The Balaban J connectivity index is 3.35. The van der Waals surface area contributed by atoms with Crippen LogP contribution in [0.5, 0.6) is 0 Å². The first-order valence-corrected chi connectivity index (χ1v) is 6.50. The predicted molar refractivity (Wildman–Crippen MR) is 50.6 cm³/mol. The van der Waals surface area contributed by atoms with Crippen molar-refractivity contribution in [3.05, 3.63) is 30.3 Å². The molecule has 0 atom stereocenters. The van der Waals surface area contributed by atoms with Crippen LogP contribution in [0, 0.1) is 0 Å². The van der Waals surface area contributed by atoms with Crippen LogP contribution in [0.4, 0.5) is 4.79 Å². The van der Waals surface area contributed by atoms with Crippen LogP contribution in [0.15, 0.2) is 35.2 Å². The largest absolute Gasteiger partial charge is 0.391 e. The Morgan fingerprint density at radius 2 is 1.47 bits per heavy atom. The van der Waals surface area contributed by atoms with Gasteiger partial charge in [-0.1, -0.05) is 18.2 Å². The summed E-state index contributed by atoms with van der Waals surface area (Å²) in [6.45, 7) is 0. The van der Waals surface area contributed by atoms with Gasteiger partial charge in [0.15, 0.2) is 0 Å². The van der Waals surface area contributed by atoms with E-state index in [1.54, 1.807) is 0 Å². The first kappa shape index (κ1) is 11.8. The Kier molecular flexibility index (Phi) is 2.93. The zero-order valence-electron chi connectivity index (χ0n) is 7.19. The molecule has 0 amide bonds. The first-order chi connectivity index (χ1) is 6.76. The van der Waals surface area contributed by atoms with Gasteiger partial charge in [-0.3, -0.25) is 9.35 Å². The number of benzene rings is 1. The van der Waals surface area contributed by atoms with E-state index in [0.29, 0.717) is 0 Å². The summed E-state index contributed by atoms with van der Waals surface area (Å²) in [5, 5.41) is 0. The molecule has 1 aromatic rings. The molecule has 0 aromatic heterocycles. The van der Waals surface area contributed by atoms with Gasteiger partial charge in [0.25, 0.3) is 9.84 Å². The lowest BCUT2D eigenvalue weighted by atomic mass is 10.4. The van der Waals surface area contributed by atoms with Crippen molar-refractivity contribution in [2.45, 2.75) is 4.90 Å². The van der Waals surface area contributed by atoms with E-state index in [1.807, 2.05) is 0 Å². The minimum atomic E-state index is -5.24. The van der Waals surface area contributed by atoms with Crippen molar-refractivity contribution in [1.29, 1.82) is 0 Å². The van der Waals surface area contributed by atoms with Crippen LogP contribution in [0.1, 0.15) is 0 Å². The lowest BCUT2D eigenvalue weighted by Crippen LogP contribution is -2.22. The van der Waals surface area contributed by atoms with Crippen molar-refractivity contribution >= 4 is 24.4 Å². The van der Waals surface area contributed by atoms with Crippen LogP contribution in [0.3, 0.4) is 0 Å². The first-order valence-electron chi connectivity index (χ1n) is 3.58. The van der Waals surface area contributed by atoms with Gasteiger partial charge in [-0.05, 0) is 12.1 Å². The highest BCUT2D eigenvalue weighted by Crippen LogP contribution is 2.14. The van der Waals surface area contributed by atoms with E-state index in [0.717, 1.165) is 12.1 Å². The molecular formula is C7H6O6S2. The third-order valence-corrected chi connectivity index (χ3v) is 4.53. The van der Waals surface area contributed by atoms with Crippen molar-refractivity contribution in [2.75, 3.05) is 0 Å². The molecular weight excluding hydrogens is 244 g/mol. The number of carbonyl (C=O) groups excluding carboxylic acids is 1. The number of hydrogen-bond acceptors (Lipinski definition) is 5. The van der Waals surface area contributed by atoms with Crippen LogP contribution in [0.2, 0.25) is 0 Å². The van der Waals surface area contributed by atoms with Gasteiger partial charge < -0.3 is 0 Å². The normalized spacial score (nSPS) is 12.3. The average Bonchev–Trinajstić information content (AvgIpc) is 2.16. The molecule has 15 heavy (non-hydrogen) atoms. The topological polar surface area (TPSA) is 106 Å². The summed E-state index contributed by atoms with van der Waals surface area (Å²) in [7, 11) is -9.91. The molecule has 0 aliphatic rings. The van der Waals surface area contributed by atoms with Crippen LogP contribution in [-0.4, -0.2) is 25.8 Å². The molecule has 1 N–H and O–H groups in total. The number of hydrogen-bond donors (Lipinski definition) is 1. The molecule has 0 aliphatic heterocycles. The molecule has 0 aliphatic carbocycles. The van der Waals surface area contributed by atoms with E-state index in [-0.39, 0.29) is 0 Å². The molecule has 0 bridgehead atoms. The highest BCUT2D eigenvalue weighted by molar-refractivity contribution is 8.28. The summed E-state index contributed by atoms with van der Waals surface area (Å²) in [4.78, 5) is 10.4. The summed E-state index contributed by atoms with van der Waals surface area (Å²) in [5.74, 6) is 0. The molecule has 0 saturated carbocycles. The molecule has 6 nitrogen and oxygen atoms in total. The molecule has 1 aromatic carbocycles. The molecule has 82 valence electrons. The van der Waals surface area contributed by atoms with Gasteiger partial charge in [-0.2, -0.15) is 8.42 Å². The third kappa shape index (κ3) is 2.41. The summed E-state index contributed by atoms with van der Waals surface area (Å²) in [5.41, 5.74) is 0. The number of carbonyl (C=O) groups is 1. The molecule has 0 saturated heterocycles. The van der Waals surface area contributed by atoms with Crippen molar-refractivity contribution in [3.8, 4) is 0 Å². The van der Waals surface area contributed by atoms with Crippen molar-refractivity contribution in [2.24, 2.45) is 0 Å². The van der Waals surface area contributed by atoms with E-state index in [9.17, 15) is 21.6 Å². The van der Waals surface area contributed by atoms with Crippen molar-refractivity contribution < 1.29 is 26.2 Å². The molecule has 0 fully saturated rings. The second-order valence-corrected chi connectivity index (χ2v) is 5.97. The van der Waals surface area contributed by atoms with Crippen LogP contribution < -0.4 is 0 Å². The molecule has 0 radical (unpaired) electrons. The Bertz CT molecular complexity index is 569. The quantitative estimate of drug-likeness (QED) is 0.726. The van der Waals surface area contributed by atoms with Gasteiger partial charge in [0.05, 0.1) is 4.90 Å². The van der Waals surface area contributed by atoms with Gasteiger partial charge in [-0.15, -0.1) is 0 Å². The number of sulfone groups is 1. The lowest BCUT2D eigenvalue weighted by molar-refractivity contribution is 0.270. The Morgan fingerprint density at radius 3 is 1.87 bits per heavy atom. The molecule has 0 spiro atoms. The second-order valence-electron chi connectivity index (χ2n) is 2.54. The highest BCUT2D eigenvalue weighted by atomic mass is 32.3. The van der Waals surface area contributed by atoms with Gasteiger partial charge in [0.2, 0.25) is 0 Å². The van der Waals surface area contributed by atoms with Crippen molar-refractivity contribution in [1.82, 2.24) is 0 Å². The zero-order chi connectivity index (χ0) is 11.7. The fourth-order valence-electron chi connectivity index (χ4n) is 0.835. The minimum absolute atomic E-state index is 0.479. The highest BCUT2D eigenvalue weighted by Gasteiger charge is 2.35. The Hall–Kier alpha value is -1.25. The smallest absolute Gasteiger partial charge is 0.279 e. The maximum absolute atomic E-state index is 11.3. The van der Waals surface area contributed by atoms with Gasteiger partial charge in [0, 0.05) is 0 Å². The minimum Gasteiger partial charge on any atom is -0.279 e. The summed E-state index contributed by atoms with van der Waals surface area (Å²) < 4.78 is 49.4. The standard InChI is InChI=1S/C7H6O6S2/c8-7(15(11,12)13)14(9,10)6-4-2-1-3-5-6/h1-5H,(H,11,12,13). The molecule has 0 unspecified atom stereocenters. The lowest BCUT2D eigenvalue weighted by Gasteiger charge is -1.99. The summed E-state index contributed by atoms with van der Waals surface area (Å²) >= 11 is 0. The van der Waals surface area contributed by atoms with Gasteiger partial charge in [0.1, 0.15) is 0 Å². The zero-order valence-corrected chi connectivity index (χ0v) is 8.82. The Labute approximate surface area is 86.2 Å². The third-order valence-electron chi connectivity index (χ3n) is 1.48. The molecule has 0 heterocycles. The van der Waals surface area contributed by atoms with E-state index in [2.05, 4.69) is 0 Å². The fraction of sp³-hybridized carbons (Fsp3) is 0. The summed E-state index contributed by atoms with van der Waals surface area (Å²) in [6, 6.07) is 6.25. The second kappa shape index (κ2) is 3.72. The van der Waals surface area contributed by atoms with E-state index in [4.69, 9.17) is 4.55 Å². The van der Waals surface area contributed by atoms with Gasteiger partial charge in [-0.25, -0.2) is 8.42 Å². The molecule has 1 rings (SSSR count). The number of rotatable bonds is 1. The van der Waals surface area contributed by atoms with Crippen LogP contribution in [0.25, 0.3) is 0 Å². The fourth-order valence-corrected chi connectivity index (χ4v) is 2.94. The SMILES string of the molecule is O=C(S(=O)(=O)O)S(=O)(=O)c1ccccc1. The van der Waals surface area contributed by atoms with Crippen LogP contribution >= 0.6 is 0 Å². The van der Waals surface area contributed by atoms with E-state index in [1.165, 1.54) is 18.2 Å². The van der Waals surface area contributed by atoms with E-state index >= 15 is 0 Å². The average molecular weight is 250 g/mol. The maximum Gasteiger partial charge on any atom is 0.391 e. The monoisotopic (exact) mass is 250 g/mol. The summed E-state index contributed by atoms with van der Waals surface area (Å²) in [6.07, 6.45) is 0. The maximum atomic E-state index is 11.3. The predicted octanol–water partition coefficient (Wildman–Crippen LogP) is 0.468. The van der Waals surface area contributed by atoms with Crippen LogP contribution in [-0.2, 0) is 20.0 Å². The van der Waals surface area contributed by atoms with E-state index < -0.39 is 29.3 Å².